The molecule has 4 rings (SSSR count). The largest absolute Gasteiger partial charge is 0.384 e. The molecule has 0 atom stereocenters. The Morgan fingerprint density at radius 2 is 1.64 bits per heavy atom. The number of Topliss-reactive ketones (excluding diaryl/α,β-unsaturated/α-hetero) is 1. The second kappa shape index (κ2) is 11.2. The first-order valence-corrected chi connectivity index (χ1v) is 12.3. The van der Waals surface area contributed by atoms with Crippen molar-refractivity contribution in [3.63, 3.8) is 0 Å². The van der Waals surface area contributed by atoms with Gasteiger partial charge in [0, 0.05) is 63.3 Å². The minimum atomic E-state index is 0.195. The molecule has 2 fully saturated rings. The van der Waals surface area contributed by atoms with Crippen LogP contribution in [0.1, 0.15) is 37.0 Å². The molecule has 2 aliphatic heterocycles. The number of ketones is 1. The summed E-state index contributed by atoms with van der Waals surface area (Å²) in [5.74, 6) is 1.87. The zero-order valence-corrected chi connectivity index (χ0v) is 20.4. The highest BCUT2D eigenvalue weighted by Crippen LogP contribution is 2.23. The number of methoxy groups -OCH3 is 1. The molecule has 1 aromatic heterocycles. The van der Waals surface area contributed by atoms with Gasteiger partial charge in [0.2, 0.25) is 0 Å². The minimum Gasteiger partial charge on any atom is -0.384 e. The molecule has 1 aromatic carbocycles. The average molecular weight is 451 g/mol. The highest BCUT2D eigenvalue weighted by atomic mass is 16.5. The number of pyridine rings is 1. The Hall–Kier alpha value is -2.28. The Morgan fingerprint density at radius 3 is 2.21 bits per heavy atom. The van der Waals surface area contributed by atoms with Gasteiger partial charge in [0.25, 0.3) is 0 Å². The van der Waals surface area contributed by atoms with E-state index in [0.29, 0.717) is 18.5 Å². The molecule has 0 N–H and O–H groups in total. The number of nitrogens with zero attached hydrogens (tertiary/aromatic N) is 4. The topological polar surface area (TPSA) is 48.9 Å². The highest BCUT2D eigenvalue weighted by Gasteiger charge is 2.22. The van der Waals surface area contributed by atoms with Crippen LogP contribution in [0.2, 0.25) is 0 Å². The molecule has 6 nitrogen and oxygen atoms in total. The summed E-state index contributed by atoms with van der Waals surface area (Å²) in [6.45, 7) is 12.0. The molecule has 2 aromatic rings. The molecule has 0 bridgehead atoms. The van der Waals surface area contributed by atoms with E-state index in [1.165, 1.54) is 0 Å². The molecular weight excluding hydrogens is 412 g/mol. The summed E-state index contributed by atoms with van der Waals surface area (Å²) in [4.78, 5) is 24.6. The second-order valence-electron chi connectivity index (χ2n) is 9.70. The minimum absolute atomic E-state index is 0.195. The molecule has 2 saturated heterocycles. The fourth-order valence-corrected chi connectivity index (χ4v) is 4.90. The van der Waals surface area contributed by atoms with E-state index in [1.54, 1.807) is 7.11 Å². The average Bonchev–Trinajstić information content (AvgIpc) is 2.86. The predicted molar refractivity (Wildman–Crippen MR) is 134 cm³/mol. The van der Waals surface area contributed by atoms with Gasteiger partial charge in [-0.25, -0.2) is 4.98 Å². The van der Waals surface area contributed by atoms with Crippen LogP contribution in [0.25, 0.3) is 11.1 Å². The van der Waals surface area contributed by atoms with E-state index in [-0.39, 0.29) is 5.78 Å². The number of aromatic nitrogens is 1. The van der Waals surface area contributed by atoms with Crippen LogP contribution >= 0.6 is 0 Å². The van der Waals surface area contributed by atoms with Gasteiger partial charge in [0.15, 0.2) is 5.78 Å². The molecule has 33 heavy (non-hydrogen) atoms. The van der Waals surface area contributed by atoms with E-state index in [2.05, 4.69) is 40.7 Å². The SMILES string of the molecule is COCC1CCN(CC(=O)c2ccc(-c3ccc(N4CCN(C(C)C)CC4)nc3)cc2)CC1. The number of hydrogen-bond acceptors (Lipinski definition) is 6. The van der Waals surface area contributed by atoms with Crippen LogP contribution in [0.15, 0.2) is 42.6 Å². The van der Waals surface area contributed by atoms with Crippen molar-refractivity contribution < 1.29 is 9.53 Å². The van der Waals surface area contributed by atoms with Crippen molar-refractivity contribution in [1.29, 1.82) is 0 Å². The number of carbonyl (C=O) groups is 1. The number of benzene rings is 1. The van der Waals surface area contributed by atoms with Crippen LogP contribution in [0.4, 0.5) is 5.82 Å². The predicted octanol–water partition coefficient (Wildman–Crippen LogP) is 3.82. The third-order valence-corrected chi connectivity index (χ3v) is 7.13. The maximum absolute atomic E-state index is 12.8. The number of piperidine rings is 1. The first kappa shape index (κ1) is 23.9. The number of likely N-dealkylation sites (tertiary alicyclic amines) is 1. The van der Waals surface area contributed by atoms with Crippen LogP contribution in [0, 0.1) is 5.92 Å². The second-order valence-corrected chi connectivity index (χ2v) is 9.70. The van der Waals surface area contributed by atoms with Crippen LogP contribution in [-0.4, -0.2) is 86.1 Å². The monoisotopic (exact) mass is 450 g/mol. The number of rotatable bonds is 8. The van der Waals surface area contributed by atoms with Gasteiger partial charge in [-0.1, -0.05) is 24.3 Å². The summed E-state index contributed by atoms with van der Waals surface area (Å²) in [5, 5.41) is 0. The third-order valence-electron chi connectivity index (χ3n) is 7.13. The lowest BCUT2D eigenvalue weighted by Gasteiger charge is -2.37. The van der Waals surface area contributed by atoms with Crippen LogP contribution in [0.3, 0.4) is 0 Å². The lowest BCUT2D eigenvalue weighted by atomic mass is 9.97. The summed E-state index contributed by atoms with van der Waals surface area (Å²) in [5.41, 5.74) is 2.96. The van der Waals surface area contributed by atoms with Crippen molar-refractivity contribution >= 4 is 11.6 Å². The molecule has 3 heterocycles. The van der Waals surface area contributed by atoms with Crippen molar-refractivity contribution in [2.24, 2.45) is 5.92 Å². The normalized spacial score (nSPS) is 18.7. The zero-order chi connectivity index (χ0) is 23.2. The molecule has 0 spiro atoms. The van der Waals surface area contributed by atoms with E-state index in [9.17, 15) is 4.79 Å². The lowest BCUT2D eigenvalue weighted by molar-refractivity contribution is 0.0810. The van der Waals surface area contributed by atoms with Gasteiger partial charge >= 0.3 is 0 Å². The molecule has 6 heteroatoms. The van der Waals surface area contributed by atoms with E-state index in [0.717, 1.165) is 81.2 Å². The third kappa shape index (κ3) is 6.19. The summed E-state index contributed by atoms with van der Waals surface area (Å²) in [7, 11) is 1.76. The van der Waals surface area contributed by atoms with Crippen molar-refractivity contribution in [2.45, 2.75) is 32.7 Å². The molecule has 178 valence electrons. The Morgan fingerprint density at radius 1 is 0.970 bits per heavy atom. The maximum Gasteiger partial charge on any atom is 0.176 e. The van der Waals surface area contributed by atoms with Crippen LogP contribution in [0.5, 0.6) is 0 Å². The van der Waals surface area contributed by atoms with Gasteiger partial charge in [-0.2, -0.15) is 0 Å². The van der Waals surface area contributed by atoms with Gasteiger partial charge in [-0.05, 0) is 63.4 Å². The molecule has 0 amide bonds. The summed E-state index contributed by atoms with van der Waals surface area (Å²) in [6, 6.07) is 12.8. The standard InChI is InChI=1S/C27H38N4O2/c1-21(2)30-14-16-31(17-15-30)27-9-8-25(18-28-27)23-4-6-24(7-5-23)26(32)19-29-12-10-22(11-13-29)20-33-3/h4-9,18,21-22H,10-17,19-20H2,1-3H3. The molecule has 0 unspecified atom stereocenters. The molecule has 0 aliphatic carbocycles. The quantitative estimate of drug-likeness (QED) is 0.570. The number of piperazine rings is 1. The van der Waals surface area contributed by atoms with Crippen molar-refractivity contribution in [3.05, 3.63) is 48.2 Å². The van der Waals surface area contributed by atoms with Gasteiger partial charge in [-0.3, -0.25) is 14.6 Å². The Balaban J connectivity index is 1.30. The van der Waals surface area contributed by atoms with Crippen LogP contribution in [-0.2, 0) is 4.74 Å². The Labute approximate surface area is 198 Å². The van der Waals surface area contributed by atoms with E-state index < -0.39 is 0 Å². The fraction of sp³-hybridized carbons (Fsp3) is 0.556. The highest BCUT2D eigenvalue weighted by molar-refractivity contribution is 5.98. The maximum atomic E-state index is 12.8. The number of ether oxygens (including phenoxy) is 1. The van der Waals surface area contributed by atoms with Gasteiger partial charge in [0.05, 0.1) is 6.54 Å². The van der Waals surface area contributed by atoms with Crippen molar-refractivity contribution in [3.8, 4) is 11.1 Å². The smallest absolute Gasteiger partial charge is 0.176 e. The van der Waals surface area contributed by atoms with Gasteiger partial charge in [-0.15, -0.1) is 0 Å². The van der Waals surface area contributed by atoms with Gasteiger partial charge in [0.1, 0.15) is 5.82 Å². The van der Waals surface area contributed by atoms with Crippen LogP contribution < -0.4 is 4.90 Å². The number of anilines is 1. The Bertz CT molecular complexity index is 881. The van der Waals surface area contributed by atoms with E-state index >= 15 is 0 Å². The van der Waals surface area contributed by atoms with Crippen molar-refractivity contribution in [2.75, 3.05) is 64.4 Å². The lowest BCUT2D eigenvalue weighted by Crippen LogP contribution is -2.49. The summed E-state index contributed by atoms with van der Waals surface area (Å²) < 4.78 is 5.27. The number of hydrogen-bond donors (Lipinski definition) is 0. The molecular formula is C27H38N4O2. The first-order chi connectivity index (χ1) is 16.0. The van der Waals surface area contributed by atoms with Crippen molar-refractivity contribution in [1.82, 2.24) is 14.8 Å². The number of carbonyl (C=O) groups excluding carboxylic acids is 1. The molecule has 0 saturated carbocycles. The molecule has 0 radical (unpaired) electrons. The van der Waals surface area contributed by atoms with E-state index in [4.69, 9.17) is 9.72 Å². The fourth-order valence-electron chi connectivity index (χ4n) is 4.90. The first-order valence-electron chi connectivity index (χ1n) is 12.3. The summed E-state index contributed by atoms with van der Waals surface area (Å²) >= 11 is 0. The molecule has 2 aliphatic rings. The Kier molecular flexibility index (Phi) is 8.12. The summed E-state index contributed by atoms with van der Waals surface area (Å²) in [6.07, 6.45) is 4.16. The van der Waals surface area contributed by atoms with E-state index in [1.807, 2.05) is 30.5 Å². The van der Waals surface area contributed by atoms with Gasteiger partial charge < -0.3 is 9.64 Å². The zero-order valence-electron chi connectivity index (χ0n) is 20.4.